The van der Waals surface area contributed by atoms with Crippen LogP contribution in [0.3, 0.4) is 0 Å². The SMILES string of the molecule is COc1ccc(Cc2nn(C[C@H]3CCCN3C)c(=O)c3ccccc23)cc1OC. The summed E-state index contributed by atoms with van der Waals surface area (Å²) in [4.78, 5) is 15.4. The number of methoxy groups -OCH3 is 2. The first-order valence-electron chi connectivity index (χ1n) is 10.0. The lowest BCUT2D eigenvalue weighted by Crippen LogP contribution is -2.35. The Hall–Kier alpha value is -2.86. The summed E-state index contributed by atoms with van der Waals surface area (Å²) in [5, 5.41) is 6.42. The van der Waals surface area contributed by atoms with Crippen LogP contribution in [0.2, 0.25) is 0 Å². The molecule has 4 rings (SSSR count). The molecule has 2 aromatic carbocycles. The van der Waals surface area contributed by atoms with Gasteiger partial charge in [0.25, 0.3) is 5.56 Å². The number of fused-ring (bicyclic) bond motifs is 1. The maximum Gasteiger partial charge on any atom is 0.274 e. The van der Waals surface area contributed by atoms with E-state index in [2.05, 4.69) is 11.9 Å². The minimum absolute atomic E-state index is 0.0167. The van der Waals surface area contributed by atoms with Crippen molar-refractivity contribution in [1.82, 2.24) is 14.7 Å². The average molecular weight is 393 g/mol. The second kappa shape index (κ2) is 8.25. The summed E-state index contributed by atoms with van der Waals surface area (Å²) < 4.78 is 12.4. The number of ether oxygens (including phenoxy) is 2. The molecule has 0 bridgehead atoms. The standard InChI is InChI=1S/C23H27N3O3/c1-25-12-6-7-17(25)15-26-23(27)19-9-5-4-8-18(19)20(24-26)13-16-10-11-21(28-2)22(14-16)29-3/h4-5,8-11,14,17H,6-7,12-13,15H2,1-3H3/t17-/m1/s1. The summed E-state index contributed by atoms with van der Waals surface area (Å²) in [5.41, 5.74) is 1.94. The van der Waals surface area contributed by atoms with Crippen molar-refractivity contribution in [2.45, 2.75) is 31.8 Å². The molecule has 1 saturated heterocycles. The smallest absolute Gasteiger partial charge is 0.274 e. The highest BCUT2D eigenvalue weighted by molar-refractivity contribution is 5.83. The zero-order chi connectivity index (χ0) is 20.4. The Bertz CT molecular complexity index is 1080. The monoisotopic (exact) mass is 393 g/mol. The summed E-state index contributed by atoms with van der Waals surface area (Å²) in [6.45, 7) is 1.70. The van der Waals surface area contributed by atoms with E-state index in [0.29, 0.717) is 30.5 Å². The summed E-state index contributed by atoms with van der Waals surface area (Å²) in [6, 6.07) is 14.0. The Balaban J connectivity index is 1.75. The largest absolute Gasteiger partial charge is 0.493 e. The fourth-order valence-corrected chi connectivity index (χ4v) is 4.15. The van der Waals surface area contributed by atoms with E-state index < -0.39 is 0 Å². The van der Waals surface area contributed by atoms with Gasteiger partial charge in [0.1, 0.15) is 0 Å². The number of benzene rings is 2. The predicted molar refractivity (Wildman–Crippen MR) is 114 cm³/mol. The van der Waals surface area contributed by atoms with Gasteiger partial charge in [0.15, 0.2) is 11.5 Å². The van der Waals surface area contributed by atoms with Gasteiger partial charge in [-0.05, 0) is 50.2 Å². The molecule has 2 heterocycles. The Labute approximate surface area is 170 Å². The number of aromatic nitrogens is 2. The number of likely N-dealkylation sites (tertiary alicyclic amines) is 1. The quantitative estimate of drug-likeness (QED) is 0.644. The molecule has 3 aromatic rings. The number of hydrogen-bond donors (Lipinski definition) is 0. The highest BCUT2D eigenvalue weighted by Gasteiger charge is 2.23. The summed E-state index contributed by atoms with van der Waals surface area (Å²) in [5.74, 6) is 1.39. The number of hydrogen-bond acceptors (Lipinski definition) is 5. The molecule has 1 atom stereocenters. The molecule has 0 spiro atoms. The third kappa shape index (κ3) is 3.85. The van der Waals surface area contributed by atoms with Crippen molar-refractivity contribution in [1.29, 1.82) is 0 Å². The van der Waals surface area contributed by atoms with Crippen LogP contribution in [0.1, 0.15) is 24.1 Å². The topological polar surface area (TPSA) is 56.6 Å². The molecule has 1 fully saturated rings. The van der Waals surface area contributed by atoms with Crippen molar-refractivity contribution < 1.29 is 9.47 Å². The fraction of sp³-hybridized carbons (Fsp3) is 0.391. The highest BCUT2D eigenvalue weighted by atomic mass is 16.5. The van der Waals surface area contributed by atoms with E-state index in [9.17, 15) is 4.79 Å². The molecule has 6 nitrogen and oxygen atoms in total. The minimum atomic E-state index is -0.0167. The second-order valence-corrected chi connectivity index (χ2v) is 7.62. The van der Waals surface area contributed by atoms with Crippen LogP contribution in [0.15, 0.2) is 47.3 Å². The lowest BCUT2D eigenvalue weighted by atomic mass is 10.0. The number of likely N-dealkylation sites (N-methyl/N-ethyl adjacent to an activating group) is 1. The summed E-state index contributed by atoms with van der Waals surface area (Å²) >= 11 is 0. The molecule has 29 heavy (non-hydrogen) atoms. The number of nitrogens with zero attached hydrogens (tertiary/aromatic N) is 3. The third-order valence-corrected chi connectivity index (χ3v) is 5.82. The lowest BCUT2D eigenvalue weighted by molar-refractivity contribution is 0.270. The van der Waals surface area contributed by atoms with Crippen LogP contribution in [0, 0.1) is 0 Å². The van der Waals surface area contributed by atoms with Crippen LogP contribution < -0.4 is 15.0 Å². The minimum Gasteiger partial charge on any atom is -0.493 e. The van der Waals surface area contributed by atoms with Crippen molar-refractivity contribution in [3.8, 4) is 11.5 Å². The molecule has 0 N–H and O–H groups in total. The van der Waals surface area contributed by atoms with Gasteiger partial charge in [-0.1, -0.05) is 24.3 Å². The zero-order valence-electron chi connectivity index (χ0n) is 17.2. The van der Waals surface area contributed by atoms with Crippen LogP contribution in [-0.4, -0.2) is 48.5 Å². The van der Waals surface area contributed by atoms with Gasteiger partial charge in [-0.2, -0.15) is 5.10 Å². The molecular formula is C23H27N3O3. The van der Waals surface area contributed by atoms with Crippen LogP contribution in [0.4, 0.5) is 0 Å². The first-order valence-corrected chi connectivity index (χ1v) is 10.0. The zero-order valence-corrected chi connectivity index (χ0v) is 17.2. The van der Waals surface area contributed by atoms with Gasteiger partial charge in [0, 0.05) is 17.8 Å². The highest BCUT2D eigenvalue weighted by Crippen LogP contribution is 2.29. The van der Waals surface area contributed by atoms with Crippen molar-refractivity contribution in [2.75, 3.05) is 27.8 Å². The molecule has 0 aliphatic carbocycles. The van der Waals surface area contributed by atoms with E-state index in [1.165, 1.54) is 6.42 Å². The molecule has 0 saturated carbocycles. The van der Waals surface area contributed by atoms with E-state index in [1.807, 2.05) is 42.5 Å². The summed E-state index contributed by atoms with van der Waals surface area (Å²) in [7, 11) is 5.38. The van der Waals surface area contributed by atoms with Crippen LogP contribution in [0.25, 0.3) is 10.8 Å². The third-order valence-electron chi connectivity index (χ3n) is 5.82. The normalized spacial score (nSPS) is 17.0. The van der Waals surface area contributed by atoms with Crippen LogP contribution in [-0.2, 0) is 13.0 Å². The van der Waals surface area contributed by atoms with Gasteiger partial charge in [-0.3, -0.25) is 4.79 Å². The van der Waals surface area contributed by atoms with E-state index in [-0.39, 0.29) is 5.56 Å². The van der Waals surface area contributed by atoms with Gasteiger partial charge >= 0.3 is 0 Å². The van der Waals surface area contributed by atoms with E-state index in [0.717, 1.165) is 35.0 Å². The molecule has 1 aliphatic heterocycles. The second-order valence-electron chi connectivity index (χ2n) is 7.62. The van der Waals surface area contributed by atoms with E-state index in [4.69, 9.17) is 14.6 Å². The Morgan fingerprint density at radius 2 is 1.83 bits per heavy atom. The number of rotatable bonds is 6. The lowest BCUT2D eigenvalue weighted by Gasteiger charge is -2.20. The average Bonchev–Trinajstić information content (AvgIpc) is 3.15. The Morgan fingerprint density at radius 1 is 1.07 bits per heavy atom. The molecule has 1 aliphatic rings. The molecule has 1 aromatic heterocycles. The fourth-order valence-electron chi connectivity index (χ4n) is 4.15. The molecule has 0 amide bonds. The molecule has 0 unspecified atom stereocenters. The van der Waals surface area contributed by atoms with Gasteiger partial charge in [-0.25, -0.2) is 4.68 Å². The molecule has 152 valence electrons. The van der Waals surface area contributed by atoms with Crippen LogP contribution >= 0.6 is 0 Å². The maximum absolute atomic E-state index is 13.1. The first-order chi connectivity index (χ1) is 14.1. The van der Waals surface area contributed by atoms with E-state index in [1.54, 1.807) is 18.9 Å². The van der Waals surface area contributed by atoms with Crippen molar-refractivity contribution >= 4 is 10.8 Å². The molecule has 0 radical (unpaired) electrons. The van der Waals surface area contributed by atoms with Crippen LogP contribution in [0.5, 0.6) is 11.5 Å². The van der Waals surface area contributed by atoms with Crippen molar-refractivity contribution in [2.24, 2.45) is 0 Å². The first kappa shape index (κ1) is 19.5. The van der Waals surface area contributed by atoms with Gasteiger partial charge in [0.05, 0.1) is 31.8 Å². The van der Waals surface area contributed by atoms with Gasteiger partial charge in [0.2, 0.25) is 0 Å². The molecule has 6 heteroatoms. The maximum atomic E-state index is 13.1. The van der Waals surface area contributed by atoms with Gasteiger partial charge < -0.3 is 14.4 Å². The van der Waals surface area contributed by atoms with E-state index >= 15 is 0 Å². The van der Waals surface area contributed by atoms with Crippen molar-refractivity contribution in [3.05, 3.63) is 64.1 Å². The van der Waals surface area contributed by atoms with Gasteiger partial charge in [-0.15, -0.1) is 0 Å². The Morgan fingerprint density at radius 3 is 2.52 bits per heavy atom. The van der Waals surface area contributed by atoms with Crippen molar-refractivity contribution in [3.63, 3.8) is 0 Å². The molecular weight excluding hydrogens is 366 g/mol. The summed E-state index contributed by atoms with van der Waals surface area (Å²) in [6.07, 6.45) is 2.88. The Kier molecular flexibility index (Phi) is 5.53. The predicted octanol–water partition coefficient (Wildman–Crippen LogP) is 3.10.